The highest BCUT2D eigenvalue weighted by Crippen LogP contribution is 2.23. The number of pyridine rings is 1. The SMILES string of the molecule is Cc1cnc(Oc2ccc(Cl)cc2)cc1N. The fourth-order valence-electron chi connectivity index (χ4n) is 1.20. The monoisotopic (exact) mass is 234 g/mol. The van der Waals surface area contributed by atoms with Crippen LogP contribution in [0.1, 0.15) is 5.56 Å². The molecule has 2 rings (SSSR count). The molecule has 0 atom stereocenters. The van der Waals surface area contributed by atoms with E-state index in [-0.39, 0.29) is 0 Å². The van der Waals surface area contributed by atoms with Crippen molar-refractivity contribution in [3.63, 3.8) is 0 Å². The minimum absolute atomic E-state index is 0.477. The lowest BCUT2D eigenvalue weighted by atomic mass is 10.3. The number of nitrogens with two attached hydrogens (primary N) is 1. The number of benzene rings is 1. The first-order valence-corrected chi connectivity index (χ1v) is 5.18. The summed E-state index contributed by atoms with van der Waals surface area (Å²) in [7, 11) is 0. The Labute approximate surface area is 98.8 Å². The highest BCUT2D eigenvalue weighted by atomic mass is 35.5. The Hall–Kier alpha value is -1.74. The normalized spacial score (nSPS) is 10.1. The van der Waals surface area contributed by atoms with Crippen LogP contribution in [0.4, 0.5) is 5.69 Å². The van der Waals surface area contributed by atoms with Crippen LogP contribution in [0, 0.1) is 6.92 Å². The molecule has 1 aromatic carbocycles. The molecule has 0 saturated carbocycles. The zero-order valence-electron chi connectivity index (χ0n) is 8.77. The van der Waals surface area contributed by atoms with Crippen molar-refractivity contribution in [1.29, 1.82) is 0 Å². The number of halogens is 1. The molecule has 0 spiro atoms. The van der Waals surface area contributed by atoms with Gasteiger partial charge in [0.1, 0.15) is 5.75 Å². The number of rotatable bonds is 2. The van der Waals surface area contributed by atoms with Crippen LogP contribution >= 0.6 is 11.6 Å². The molecule has 1 aromatic heterocycles. The Kier molecular flexibility index (Phi) is 2.97. The Morgan fingerprint density at radius 2 is 1.94 bits per heavy atom. The summed E-state index contributed by atoms with van der Waals surface area (Å²) in [6, 6.07) is 8.77. The summed E-state index contributed by atoms with van der Waals surface area (Å²) in [6.07, 6.45) is 1.68. The van der Waals surface area contributed by atoms with Crippen LogP contribution in [0.2, 0.25) is 5.02 Å². The Balaban J connectivity index is 2.20. The van der Waals surface area contributed by atoms with E-state index in [2.05, 4.69) is 4.98 Å². The third kappa shape index (κ3) is 2.44. The summed E-state index contributed by atoms with van der Waals surface area (Å²) in [4.78, 5) is 4.12. The van der Waals surface area contributed by atoms with E-state index >= 15 is 0 Å². The number of aromatic nitrogens is 1. The average molecular weight is 235 g/mol. The van der Waals surface area contributed by atoms with E-state index < -0.39 is 0 Å². The predicted octanol–water partition coefficient (Wildman–Crippen LogP) is 3.42. The average Bonchev–Trinajstić information content (AvgIpc) is 2.27. The number of nitrogens with zero attached hydrogens (tertiary/aromatic N) is 1. The second kappa shape index (κ2) is 4.41. The molecule has 0 amide bonds. The molecule has 0 fully saturated rings. The first kappa shape index (κ1) is 10.8. The first-order chi connectivity index (χ1) is 7.65. The zero-order chi connectivity index (χ0) is 11.5. The second-order valence-electron chi connectivity index (χ2n) is 3.44. The van der Waals surface area contributed by atoms with Gasteiger partial charge in [0.2, 0.25) is 5.88 Å². The van der Waals surface area contributed by atoms with E-state index in [9.17, 15) is 0 Å². The maximum Gasteiger partial charge on any atom is 0.221 e. The van der Waals surface area contributed by atoms with E-state index in [0.717, 1.165) is 5.56 Å². The molecular weight excluding hydrogens is 224 g/mol. The Bertz CT molecular complexity index is 497. The van der Waals surface area contributed by atoms with Gasteiger partial charge in [-0.25, -0.2) is 4.98 Å². The lowest BCUT2D eigenvalue weighted by Gasteiger charge is -2.06. The molecule has 0 aliphatic heterocycles. The number of hydrogen-bond acceptors (Lipinski definition) is 3. The molecule has 0 bridgehead atoms. The molecule has 0 unspecified atom stereocenters. The lowest BCUT2D eigenvalue weighted by molar-refractivity contribution is 0.463. The van der Waals surface area contributed by atoms with Crippen molar-refractivity contribution in [1.82, 2.24) is 4.98 Å². The van der Waals surface area contributed by atoms with E-state index in [4.69, 9.17) is 22.1 Å². The number of nitrogen functional groups attached to an aromatic ring is 1. The van der Waals surface area contributed by atoms with Gasteiger partial charge in [0.15, 0.2) is 0 Å². The standard InChI is InChI=1S/C12H11ClN2O/c1-8-7-15-12(6-11(8)14)16-10-4-2-9(13)3-5-10/h2-7H,1H3,(H2,14,15). The molecule has 4 heteroatoms. The molecule has 0 radical (unpaired) electrons. The zero-order valence-corrected chi connectivity index (χ0v) is 9.53. The Morgan fingerprint density at radius 1 is 1.25 bits per heavy atom. The van der Waals surface area contributed by atoms with Crippen LogP contribution in [0.5, 0.6) is 11.6 Å². The molecule has 2 N–H and O–H groups in total. The number of hydrogen-bond donors (Lipinski definition) is 1. The van der Waals surface area contributed by atoms with Crippen LogP contribution in [0.15, 0.2) is 36.5 Å². The largest absolute Gasteiger partial charge is 0.439 e. The van der Waals surface area contributed by atoms with Crippen molar-refractivity contribution in [3.05, 3.63) is 47.1 Å². The van der Waals surface area contributed by atoms with Gasteiger partial charge >= 0.3 is 0 Å². The van der Waals surface area contributed by atoms with Crippen molar-refractivity contribution >= 4 is 17.3 Å². The Morgan fingerprint density at radius 3 is 2.56 bits per heavy atom. The molecule has 0 aliphatic carbocycles. The van der Waals surface area contributed by atoms with Gasteiger partial charge in [-0.15, -0.1) is 0 Å². The van der Waals surface area contributed by atoms with Gasteiger partial charge in [0.05, 0.1) is 0 Å². The van der Waals surface area contributed by atoms with Crippen molar-refractivity contribution in [2.24, 2.45) is 0 Å². The van der Waals surface area contributed by atoms with E-state index in [1.807, 2.05) is 6.92 Å². The first-order valence-electron chi connectivity index (χ1n) is 4.81. The maximum atomic E-state index is 5.77. The summed E-state index contributed by atoms with van der Waals surface area (Å²) in [5.41, 5.74) is 7.36. The van der Waals surface area contributed by atoms with Crippen molar-refractivity contribution in [2.75, 3.05) is 5.73 Å². The van der Waals surface area contributed by atoms with Crippen LogP contribution in [0.25, 0.3) is 0 Å². The molecule has 0 saturated heterocycles. The molecule has 82 valence electrons. The number of aryl methyl sites for hydroxylation is 1. The molecular formula is C12H11ClN2O. The summed E-state index contributed by atoms with van der Waals surface area (Å²) >= 11 is 5.77. The fourth-order valence-corrected chi connectivity index (χ4v) is 1.32. The minimum atomic E-state index is 0.477. The van der Waals surface area contributed by atoms with Gasteiger partial charge in [0, 0.05) is 23.0 Å². The molecule has 16 heavy (non-hydrogen) atoms. The van der Waals surface area contributed by atoms with Crippen LogP contribution in [-0.2, 0) is 0 Å². The van der Waals surface area contributed by atoms with Crippen molar-refractivity contribution in [3.8, 4) is 11.6 Å². The van der Waals surface area contributed by atoms with Crippen molar-refractivity contribution < 1.29 is 4.74 Å². The number of ether oxygens (including phenoxy) is 1. The summed E-state index contributed by atoms with van der Waals surface area (Å²) in [5.74, 6) is 1.16. The summed E-state index contributed by atoms with van der Waals surface area (Å²) in [6.45, 7) is 1.90. The van der Waals surface area contributed by atoms with Gasteiger partial charge in [0.25, 0.3) is 0 Å². The highest BCUT2D eigenvalue weighted by Gasteiger charge is 2.01. The summed E-state index contributed by atoms with van der Waals surface area (Å²) in [5, 5.41) is 0.670. The molecule has 0 aliphatic rings. The minimum Gasteiger partial charge on any atom is -0.439 e. The molecule has 2 aromatic rings. The van der Waals surface area contributed by atoms with Gasteiger partial charge in [-0.2, -0.15) is 0 Å². The van der Waals surface area contributed by atoms with Crippen LogP contribution in [-0.4, -0.2) is 4.98 Å². The van der Waals surface area contributed by atoms with Crippen molar-refractivity contribution in [2.45, 2.75) is 6.92 Å². The summed E-state index contributed by atoms with van der Waals surface area (Å²) < 4.78 is 5.52. The van der Waals surface area contributed by atoms with Crippen LogP contribution < -0.4 is 10.5 Å². The topological polar surface area (TPSA) is 48.1 Å². The van der Waals surface area contributed by atoms with E-state index in [1.165, 1.54) is 0 Å². The quantitative estimate of drug-likeness (QED) is 0.866. The third-order valence-electron chi connectivity index (χ3n) is 2.16. The maximum absolute atomic E-state index is 5.77. The highest BCUT2D eigenvalue weighted by molar-refractivity contribution is 6.30. The fraction of sp³-hybridized carbons (Fsp3) is 0.0833. The van der Waals surface area contributed by atoms with Gasteiger partial charge in [-0.3, -0.25) is 0 Å². The molecule has 3 nitrogen and oxygen atoms in total. The lowest BCUT2D eigenvalue weighted by Crippen LogP contribution is -1.93. The van der Waals surface area contributed by atoms with E-state index in [1.54, 1.807) is 36.5 Å². The predicted molar refractivity (Wildman–Crippen MR) is 64.9 cm³/mol. The number of anilines is 1. The second-order valence-corrected chi connectivity index (χ2v) is 3.87. The third-order valence-corrected chi connectivity index (χ3v) is 2.41. The van der Waals surface area contributed by atoms with Gasteiger partial charge < -0.3 is 10.5 Å². The van der Waals surface area contributed by atoms with Crippen LogP contribution in [0.3, 0.4) is 0 Å². The van der Waals surface area contributed by atoms with Gasteiger partial charge in [-0.1, -0.05) is 11.6 Å². The molecule has 1 heterocycles. The van der Waals surface area contributed by atoms with E-state index in [0.29, 0.717) is 22.3 Å². The van der Waals surface area contributed by atoms with Gasteiger partial charge in [-0.05, 0) is 36.8 Å². The smallest absolute Gasteiger partial charge is 0.221 e.